The SMILES string of the molecule is COc1cccc(C=C2CCC(C3CCCC3)CC2=O)c1. The summed E-state index contributed by atoms with van der Waals surface area (Å²) in [6, 6.07) is 7.93. The first-order valence-electron chi connectivity index (χ1n) is 8.14. The van der Waals surface area contributed by atoms with Crippen molar-refractivity contribution in [1.82, 2.24) is 0 Å². The Morgan fingerprint density at radius 1 is 1.14 bits per heavy atom. The summed E-state index contributed by atoms with van der Waals surface area (Å²) in [5.74, 6) is 2.66. The van der Waals surface area contributed by atoms with Crippen LogP contribution >= 0.6 is 0 Å². The van der Waals surface area contributed by atoms with E-state index < -0.39 is 0 Å². The molecule has 1 unspecified atom stereocenters. The van der Waals surface area contributed by atoms with Crippen molar-refractivity contribution in [2.75, 3.05) is 7.11 Å². The number of benzene rings is 1. The molecule has 0 bridgehead atoms. The maximum atomic E-state index is 12.4. The van der Waals surface area contributed by atoms with Crippen LogP contribution in [0.3, 0.4) is 0 Å². The third kappa shape index (κ3) is 3.37. The molecule has 112 valence electrons. The van der Waals surface area contributed by atoms with Crippen LogP contribution in [0.5, 0.6) is 5.75 Å². The van der Waals surface area contributed by atoms with Gasteiger partial charge in [-0.3, -0.25) is 4.79 Å². The second-order valence-electron chi connectivity index (χ2n) is 6.42. The van der Waals surface area contributed by atoms with Crippen molar-refractivity contribution in [3.05, 3.63) is 35.4 Å². The largest absolute Gasteiger partial charge is 0.497 e. The van der Waals surface area contributed by atoms with Crippen LogP contribution in [0.4, 0.5) is 0 Å². The van der Waals surface area contributed by atoms with E-state index in [9.17, 15) is 4.79 Å². The van der Waals surface area contributed by atoms with Gasteiger partial charge >= 0.3 is 0 Å². The van der Waals surface area contributed by atoms with Crippen LogP contribution in [0.25, 0.3) is 6.08 Å². The van der Waals surface area contributed by atoms with Crippen molar-refractivity contribution in [2.45, 2.75) is 44.9 Å². The fourth-order valence-electron chi connectivity index (χ4n) is 3.87. The van der Waals surface area contributed by atoms with Gasteiger partial charge in [0.05, 0.1) is 7.11 Å². The topological polar surface area (TPSA) is 26.3 Å². The summed E-state index contributed by atoms with van der Waals surface area (Å²) in [6.45, 7) is 0. The molecule has 2 heteroatoms. The van der Waals surface area contributed by atoms with Crippen molar-refractivity contribution in [1.29, 1.82) is 0 Å². The van der Waals surface area contributed by atoms with Crippen molar-refractivity contribution in [3.63, 3.8) is 0 Å². The number of carbonyl (C=O) groups is 1. The Labute approximate surface area is 127 Å². The molecule has 2 aliphatic carbocycles. The zero-order chi connectivity index (χ0) is 14.7. The molecule has 0 aromatic heterocycles. The first kappa shape index (κ1) is 14.4. The number of Topliss-reactive ketones (excluding diaryl/α,β-unsaturated/α-hetero) is 1. The molecular weight excluding hydrogens is 260 g/mol. The zero-order valence-corrected chi connectivity index (χ0v) is 12.8. The number of ether oxygens (including phenoxy) is 1. The van der Waals surface area contributed by atoms with Gasteiger partial charge in [0.25, 0.3) is 0 Å². The summed E-state index contributed by atoms with van der Waals surface area (Å²) in [5.41, 5.74) is 2.06. The number of hydrogen-bond acceptors (Lipinski definition) is 2. The number of carbonyl (C=O) groups excluding carboxylic acids is 1. The molecule has 0 spiro atoms. The molecule has 0 radical (unpaired) electrons. The van der Waals surface area contributed by atoms with Crippen molar-refractivity contribution >= 4 is 11.9 Å². The van der Waals surface area contributed by atoms with Crippen LogP contribution in [0.2, 0.25) is 0 Å². The van der Waals surface area contributed by atoms with Gasteiger partial charge in [0.15, 0.2) is 5.78 Å². The standard InChI is InChI=1S/C19H24O2/c1-21-18-8-4-5-14(12-18)11-17-10-9-16(13-19(17)20)15-6-2-3-7-15/h4-5,8,11-12,15-16H,2-3,6-7,9-10,13H2,1H3. The summed E-state index contributed by atoms with van der Waals surface area (Å²) in [6.07, 6.45) is 10.4. The number of hydrogen-bond donors (Lipinski definition) is 0. The molecule has 0 N–H and O–H groups in total. The average molecular weight is 284 g/mol. The van der Waals surface area contributed by atoms with Crippen LogP contribution in [-0.2, 0) is 4.79 Å². The quantitative estimate of drug-likeness (QED) is 0.756. The number of ketones is 1. The Morgan fingerprint density at radius 3 is 2.67 bits per heavy atom. The lowest BCUT2D eigenvalue weighted by Crippen LogP contribution is -2.22. The highest BCUT2D eigenvalue weighted by Crippen LogP contribution is 2.39. The van der Waals surface area contributed by atoms with Crippen molar-refractivity contribution < 1.29 is 9.53 Å². The molecule has 1 aromatic carbocycles. The van der Waals surface area contributed by atoms with E-state index in [0.717, 1.165) is 35.6 Å². The predicted molar refractivity (Wildman–Crippen MR) is 85.3 cm³/mol. The lowest BCUT2D eigenvalue weighted by molar-refractivity contribution is -0.118. The Kier molecular flexibility index (Phi) is 4.42. The van der Waals surface area contributed by atoms with E-state index in [0.29, 0.717) is 11.7 Å². The molecule has 2 fully saturated rings. The van der Waals surface area contributed by atoms with Crippen LogP contribution in [0.1, 0.15) is 50.5 Å². The second-order valence-corrected chi connectivity index (χ2v) is 6.42. The first-order valence-corrected chi connectivity index (χ1v) is 8.14. The summed E-state index contributed by atoms with van der Waals surface area (Å²) >= 11 is 0. The van der Waals surface area contributed by atoms with E-state index in [2.05, 4.69) is 6.08 Å². The molecule has 0 aliphatic heterocycles. The Balaban J connectivity index is 1.69. The Bertz CT molecular complexity index is 538. The molecule has 1 atom stereocenters. The van der Waals surface area contributed by atoms with Gasteiger partial charge < -0.3 is 4.74 Å². The molecule has 1 aromatic rings. The van der Waals surface area contributed by atoms with E-state index in [-0.39, 0.29) is 0 Å². The van der Waals surface area contributed by atoms with Gasteiger partial charge in [-0.2, -0.15) is 0 Å². The Morgan fingerprint density at radius 2 is 1.95 bits per heavy atom. The van der Waals surface area contributed by atoms with Gasteiger partial charge in [-0.15, -0.1) is 0 Å². The fourth-order valence-corrected chi connectivity index (χ4v) is 3.87. The minimum absolute atomic E-state index is 0.362. The van der Waals surface area contributed by atoms with E-state index in [1.165, 1.54) is 32.1 Å². The van der Waals surface area contributed by atoms with E-state index in [1.807, 2.05) is 24.3 Å². The number of methoxy groups -OCH3 is 1. The fraction of sp³-hybridized carbons (Fsp3) is 0.526. The van der Waals surface area contributed by atoms with Crippen LogP contribution < -0.4 is 4.74 Å². The number of allylic oxidation sites excluding steroid dienone is 1. The monoisotopic (exact) mass is 284 g/mol. The normalized spacial score (nSPS) is 25.5. The third-order valence-electron chi connectivity index (χ3n) is 5.09. The van der Waals surface area contributed by atoms with Crippen LogP contribution in [-0.4, -0.2) is 12.9 Å². The predicted octanol–water partition coefficient (Wildman–Crippen LogP) is 4.64. The van der Waals surface area contributed by atoms with Gasteiger partial charge in [0.2, 0.25) is 0 Å². The highest BCUT2D eigenvalue weighted by atomic mass is 16.5. The highest BCUT2D eigenvalue weighted by Gasteiger charge is 2.31. The van der Waals surface area contributed by atoms with Gasteiger partial charge in [0, 0.05) is 6.42 Å². The zero-order valence-electron chi connectivity index (χ0n) is 12.8. The molecule has 2 saturated carbocycles. The van der Waals surface area contributed by atoms with Crippen LogP contribution in [0, 0.1) is 11.8 Å². The average Bonchev–Trinajstić information content (AvgIpc) is 3.04. The summed E-state index contributed by atoms with van der Waals surface area (Å²) < 4.78 is 5.24. The van der Waals surface area contributed by atoms with Gasteiger partial charge in [-0.1, -0.05) is 37.8 Å². The smallest absolute Gasteiger partial charge is 0.159 e. The molecule has 2 nitrogen and oxygen atoms in total. The summed E-state index contributed by atoms with van der Waals surface area (Å²) in [5, 5.41) is 0. The van der Waals surface area contributed by atoms with Gasteiger partial charge in [-0.25, -0.2) is 0 Å². The lowest BCUT2D eigenvalue weighted by Gasteiger charge is -2.27. The molecule has 21 heavy (non-hydrogen) atoms. The maximum absolute atomic E-state index is 12.4. The minimum Gasteiger partial charge on any atom is -0.497 e. The lowest BCUT2D eigenvalue weighted by atomic mass is 9.76. The van der Waals surface area contributed by atoms with E-state index >= 15 is 0 Å². The molecule has 0 saturated heterocycles. The highest BCUT2D eigenvalue weighted by molar-refractivity contribution is 6.00. The third-order valence-corrected chi connectivity index (χ3v) is 5.09. The Hall–Kier alpha value is -1.57. The molecule has 0 amide bonds. The molecule has 0 heterocycles. The summed E-state index contributed by atoms with van der Waals surface area (Å²) in [4.78, 5) is 12.4. The van der Waals surface area contributed by atoms with Crippen molar-refractivity contribution in [2.24, 2.45) is 11.8 Å². The summed E-state index contributed by atoms with van der Waals surface area (Å²) in [7, 11) is 1.67. The molecule has 3 rings (SSSR count). The van der Waals surface area contributed by atoms with Crippen LogP contribution in [0.15, 0.2) is 29.8 Å². The van der Waals surface area contributed by atoms with E-state index in [4.69, 9.17) is 4.74 Å². The minimum atomic E-state index is 0.362. The van der Waals surface area contributed by atoms with Gasteiger partial charge in [-0.05, 0) is 54.0 Å². The molecule has 2 aliphatic rings. The first-order chi connectivity index (χ1) is 10.3. The maximum Gasteiger partial charge on any atom is 0.159 e. The number of rotatable bonds is 3. The van der Waals surface area contributed by atoms with E-state index in [1.54, 1.807) is 7.11 Å². The van der Waals surface area contributed by atoms with Gasteiger partial charge in [0.1, 0.15) is 5.75 Å². The molecular formula is C19H24O2. The van der Waals surface area contributed by atoms with Crippen molar-refractivity contribution in [3.8, 4) is 5.75 Å². The second kappa shape index (κ2) is 6.46.